The van der Waals surface area contributed by atoms with Gasteiger partial charge in [0.25, 0.3) is 0 Å². The van der Waals surface area contributed by atoms with E-state index in [9.17, 15) is 52.5 Å². The van der Waals surface area contributed by atoms with E-state index in [0.29, 0.717) is 0 Å². The lowest BCUT2D eigenvalue weighted by Crippen LogP contribution is -2.47. The molecule has 0 bridgehead atoms. The van der Waals surface area contributed by atoms with Crippen LogP contribution in [0.2, 0.25) is 0 Å². The number of aromatic hydroxyl groups is 1. The van der Waals surface area contributed by atoms with Gasteiger partial charge < -0.3 is 34.3 Å². The Kier molecular flexibility index (Phi) is 12.0. The molecule has 0 aromatic heterocycles. The molecular weight excluding hydrogens is 809 g/mol. The van der Waals surface area contributed by atoms with Gasteiger partial charge in [0.2, 0.25) is 5.60 Å². The highest BCUT2D eigenvalue weighted by molar-refractivity contribution is 9.10. The molecule has 0 heterocycles. The van der Waals surface area contributed by atoms with Gasteiger partial charge in [0.05, 0.1) is 24.7 Å². The number of esters is 3. The van der Waals surface area contributed by atoms with Crippen LogP contribution in [0, 0.1) is 55.4 Å². The van der Waals surface area contributed by atoms with Crippen molar-refractivity contribution in [1.29, 1.82) is 0 Å². The number of ketones is 1. The van der Waals surface area contributed by atoms with E-state index >= 15 is 0 Å². The normalized spacial score (nSPS) is 15.5. The third-order valence-electron chi connectivity index (χ3n) is 10.0. The molecule has 0 amide bonds. The largest absolute Gasteiger partial charge is 0.506 e. The number of allylic oxidation sites excluding steroid dienone is 2. The van der Waals surface area contributed by atoms with Crippen LogP contribution in [0.3, 0.4) is 0 Å². The molecule has 298 valence electrons. The zero-order valence-electron chi connectivity index (χ0n) is 32.0. The number of ether oxygens (including phenoxy) is 4. The number of carbonyl (C=O) groups excluding carboxylic acids is 4. The Bertz CT molecular complexity index is 2290. The molecule has 0 unspecified atom stereocenters. The first-order chi connectivity index (χ1) is 25.8. The molecule has 0 fully saturated rings. The SMILES string of the molecule is COC1=CC(=O)C=C(C)[C@]1(O)C(=O)Oc1c(C)c(C)c(C(=O)Oc2cc(C)c(C(=O)Oc3c(C)c(C)c(C(=O)O)c(C)c3CC(F)(F)F)c(C)c2C)c(O)c1Br. The smallest absolute Gasteiger partial charge is 0.393 e. The Balaban J connectivity index is 1.69. The maximum absolute atomic E-state index is 13.7. The number of carbonyl (C=O) groups is 5. The summed E-state index contributed by atoms with van der Waals surface area (Å²) in [5, 5.41) is 32.2. The number of phenolic OH excluding ortho intramolecular Hbond substituents is 1. The number of rotatable bonds is 9. The van der Waals surface area contributed by atoms with Crippen molar-refractivity contribution in [2.75, 3.05) is 7.11 Å². The van der Waals surface area contributed by atoms with Gasteiger partial charge in [-0.25, -0.2) is 19.2 Å². The topological polar surface area (TPSA) is 183 Å². The molecule has 4 rings (SSSR count). The lowest BCUT2D eigenvalue weighted by molar-refractivity contribution is -0.151. The number of halogens is 4. The maximum Gasteiger partial charge on any atom is 0.393 e. The quantitative estimate of drug-likeness (QED) is 0.142. The second-order valence-electron chi connectivity index (χ2n) is 13.4. The molecule has 16 heteroatoms. The summed E-state index contributed by atoms with van der Waals surface area (Å²) in [7, 11) is 1.15. The molecule has 0 saturated carbocycles. The van der Waals surface area contributed by atoms with Crippen molar-refractivity contribution in [2.24, 2.45) is 0 Å². The summed E-state index contributed by atoms with van der Waals surface area (Å²) in [6.07, 6.45) is -4.34. The molecule has 1 aliphatic rings. The fraction of sp³-hybridized carbons (Fsp3) is 0.325. The van der Waals surface area contributed by atoms with Gasteiger partial charge in [0, 0.05) is 11.6 Å². The third kappa shape index (κ3) is 7.67. The number of methoxy groups -OCH3 is 1. The minimum absolute atomic E-state index is 0.0358. The monoisotopic (exact) mass is 846 g/mol. The first-order valence-electron chi connectivity index (χ1n) is 16.7. The minimum atomic E-state index is -4.76. The fourth-order valence-electron chi connectivity index (χ4n) is 6.53. The molecule has 3 aromatic rings. The molecule has 3 aromatic carbocycles. The van der Waals surface area contributed by atoms with Gasteiger partial charge in [0.15, 0.2) is 11.5 Å². The standard InChI is InChI=1S/C40H38BrF3O12/c1-15-11-26(17(3)18(4)28(15)36(49)55-33-21(7)19(5)29(35(47)48)23(9)25(33)14-39(42,43)44)54-37(50)30-20(6)22(8)34(31(41)32(30)46)56-38(51)40(52)16(2)12-24(45)13-27(40)53-10/h11-13,46,52H,14H2,1-10H3,(H,47,48)/t40-/m1/s1. The summed E-state index contributed by atoms with van der Waals surface area (Å²) in [5.74, 6) is -7.07. The first kappa shape index (κ1) is 43.3. The molecule has 0 saturated heterocycles. The molecule has 1 atom stereocenters. The number of alkyl halides is 3. The summed E-state index contributed by atoms with van der Waals surface area (Å²) < 4.78 is 62.7. The van der Waals surface area contributed by atoms with Crippen molar-refractivity contribution in [1.82, 2.24) is 0 Å². The molecule has 56 heavy (non-hydrogen) atoms. The maximum atomic E-state index is 13.7. The van der Waals surface area contributed by atoms with Crippen molar-refractivity contribution >= 4 is 45.6 Å². The summed E-state index contributed by atoms with van der Waals surface area (Å²) in [6.45, 7) is 12.7. The highest BCUT2D eigenvalue weighted by Crippen LogP contribution is 2.44. The average Bonchev–Trinajstić information content (AvgIpc) is 3.09. The second-order valence-corrected chi connectivity index (χ2v) is 14.2. The molecule has 0 aliphatic heterocycles. The highest BCUT2D eigenvalue weighted by atomic mass is 79.9. The van der Waals surface area contributed by atoms with E-state index < -0.39 is 64.9 Å². The van der Waals surface area contributed by atoms with Crippen LogP contribution >= 0.6 is 15.9 Å². The van der Waals surface area contributed by atoms with Gasteiger partial charge in [0.1, 0.15) is 33.0 Å². The predicted octanol–water partition coefficient (Wildman–Crippen LogP) is 7.56. The van der Waals surface area contributed by atoms with Gasteiger partial charge in [-0.1, -0.05) is 0 Å². The summed E-state index contributed by atoms with van der Waals surface area (Å²) in [4.78, 5) is 64.6. The van der Waals surface area contributed by atoms with E-state index in [0.717, 1.165) is 19.3 Å². The van der Waals surface area contributed by atoms with E-state index in [2.05, 4.69) is 15.9 Å². The number of carboxylic acids is 1. The zero-order valence-corrected chi connectivity index (χ0v) is 33.6. The number of hydrogen-bond donors (Lipinski definition) is 3. The van der Waals surface area contributed by atoms with E-state index in [1.807, 2.05) is 0 Å². The van der Waals surface area contributed by atoms with E-state index in [1.165, 1.54) is 68.4 Å². The summed E-state index contributed by atoms with van der Waals surface area (Å²) >= 11 is 3.16. The molecular formula is C40H38BrF3O12. The molecule has 1 aliphatic carbocycles. The number of aliphatic hydroxyl groups is 1. The van der Waals surface area contributed by atoms with E-state index in [1.54, 1.807) is 0 Å². The number of aryl methyl sites for hydroxylation is 1. The molecule has 12 nitrogen and oxygen atoms in total. The lowest BCUT2D eigenvalue weighted by atomic mass is 9.87. The van der Waals surface area contributed by atoms with Crippen molar-refractivity contribution in [3.05, 3.63) is 101 Å². The Hall–Kier alpha value is -5.48. The number of carboxylic acid groups (broad SMARTS) is 1. The van der Waals surface area contributed by atoms with Crippen LogP contribution in [0.4, 0.5) is 13.2 Å². The van der Waals surface area contributed by atoms with Gasteiger partial charge in [-0.2, -0.15) is 13.2 Å². The fourth-order valence-corrected chi connectivity index (χ4v) is 7.11. The van der Waals surface area contributed by atoms with E-state index in [4.69, 9.17) is 18.9 Å². The van der Waals surface area contributed by atoms with Crippen molar-refractivity contribution in [3.8, 4) is 23.0 Å². The predicted molar refractivity (Wildman–Crippen MR) is 198 cm³/mol. The van der Waals surface area contributed by atoms with E-state index in [-0.39, 0.29) is 88.5 Å². The Morgan fingerprint density at radius 3 is 1.84 bits per heavy atom. The van der Waals surface area contributed by atoms with Crippen molar-refractivity contribution in [2.45, 2.75) is 80.5 Å². The Morgan fingerprint density at radius 1 is 0.750 bits per heavy atom. The summed E-state index contributed by atoms with van der Waals surface area (Å²) in [6, 6.07) is 1.33. The first-order valence-corrected chi connectivity index (χ1v) is 17.5. The van der Waals surface area contributed by atoms with Crippen LogP contribution in [0.5, 0.6) is 23.0 Å². The van der Waals surface area contributed by atoms with Gasteiger partial charge in [-0.3, -0.25) is 4.79 Å². The Labute approximate surface area is 327 Å². The van der Waals surface area contributed by atoms with Gasteiger partial charge in [-0.05, 0) is 140 Å². The second kappa shape index (κ2) is 15.6. The number of benzene rings is 3. The summed E-state index contributed by atoms with van der Waals surface area (Å²) in [5.41, 5.74) is -2.74. The van der Waals surface area contributed by atoms with Crippen LogP contribution in [0.25, 0.3) is 0 Å². The minimum Gasteiger partial charge on any atom is -0.506 e. The van der Waals surface area contributed by atoms with Crippen molar-refractivity contribution in [3.63, 3.8) is 0 Å². The van der Waals surface area contributed by atoms with Crippen LogP contribution in [-0.4, -0.2) is 63.9 Å². The highest BCUT2D eigenvalue weighted by Gasteiger charge is 2.48. The zero-order chi connectivity index (χ0) is 42.5. The molecule has 0 radical (unpaired) electrons. The average molecular weight is 848 g/mol. The Morgan fingerprint density at radius 2 is 1.29 bits per heavy atom. The number of phenols is 1. The number of aromatic carboxylic acids is 1. The van der Waals surface area contributed by atoms with Crippen LogP contribution in [0.1, 0.15) is 88.1 Å². The third-order valence-corrected chi connectivity index (χ3v) is 10.8. The van der Waals surface area contributed by atoms with Gasteiger partial charge in [-0.15, -0.1) is 0 Å². The van der Waals surface area contributed by atoms with Crippen LogP contribution < -0.4 is 14.2 Å². The molecule has 3 N–H and O–H groups in total. The van der Waals surface area contributed by atoms with Crippen molar-refractivity contribution < 1.29 is 71.4 Å². The molecule has 0 spiro atoms. The number of hydrogen-bond acceptors (Lipinski definition) is 11. The lowest BCUT2D eigenvalue weighted by Gasteiger charge is -2.30. The van der Waals surface area contributed by atoms with Crippen LogP contribution in [-0.2, 0) is 20.7 Å². The van der Waals surface area contributed by atoms with Gasteiger partial charge >= 0.3 is 30.1 Å². The van der Waals surface area contributed by atoms with Crippen LogP contribution in [0.15, 0.2) is 34.0 Å².